The van der Waals surface area contributed by atoms with E-state index in [2.05, 4.69) is 32.5 Å². The quantitative estimate of drug-likeness (QED) is 0.946. The molecular weight excluding hydrogens is 276 g/mol. The number of aryl methyl sites for hydroxylation is 1. The van der Waals surface area contributed by atoms with Crippen LogP contribution in [0.25, 0.3) is 0 Å². The number of carbonyl (C=O) groups is 1. The fraction of sp³-hybridized carbons (Fsp3) is 0.353. The largest absolute Gasteiger partial charge is 0.372 e. The highest BCUT2D eigenvalue weighted by molar-refractivity contribution is 6.02. The smallest absolute Gasteiger partial charge is 0.276 e. The average molecular weight is 296 g/mol. The maximum atomic E-state index is 12.1. The number of piperidine rings is 1. The average Bonchev–Trinajstić information content (AvgIpc) is 2.57. The second-order valence-electron chi connectivity index (χ2n) is 5.61. The van der Waals surface area contributed by atoms with Gasteiger partial charge in [0.25, 0.3) is 5.91 Å². The lowest BCUT2D eigenvalue weighted by atomic mass is 10.1. The number of amides is 1. The standard InChI is InChI=1S/C17H20N4O/c1-13-5-10-16(20-19-13)17(22)18-14-6-8-15(9-7-14)21-11-3-2-4-12-21/h5-10H,2-4,11-12H2,1H3,(H,18,22). The van der Waals surface area contributed by atoms with E-state index in [-0.39, 0.29) is 5.91 Å². The summed E-state index contributed by atoms with van der Waals surface area (Å²) < 4.78 is 0. The summed E-state index contributed by atoms with van der Waals surface area (Å²) in [5.41, 5.74) is 3.11. The molecule has 0 saturated carbocycles. The zero-order chi connectivity index (χ0) is 15.4. The molecule has 1 aliphatic rings. The second kappa shape index (κ2) is 6.56. The van der Waals surface area contributed by atoms with Crippen LogP contribution in [0.2, 0.25) is 0 Å². The normalized spacial score (nSPS) is 14.7. The molecule has 1 fully saturated rings. The third kappa shape index (κ3) is 3.42. The van der Waals surface area contributed by atoms with Crippen LogP contribution >= 0.6 is 0 Å². The van der Waals surface area contributed by atoms with Crippen molar-refractivity contribution in [2.45, 2.75) is 26.2 Å². The number of nitrogens with one attached hydrogen (secondary N) is 1. The van der Waals surface area contributed by atoms with Crippen LogP contribution in [0.15, 0.2) is 36.4 Å². The van der Waals surface area contributed by atoms with Gasteiger partial charge in [-0.2, -0.15) is 5.10 Å². The van der Waals surface area contributed by atoms with E-state index < -0.39 is 0 Å². The molecule has 2 aromatic rings. The fourth-order valence-corrected chi connectivity index (χ4v) is 2.62. The van der Waals surface area contributed by atoms with E-state index in [4.69, 9.17) is 0 Å². The van der Waals surface area contributed by atoms with Crippen LogP contribution in [-0.4, -0.2) is 29.2 Å². The molecule has 0 bridgehead atoms. The first-order chi connectivity index (χ1) is 10.7. The first kappa shape index (κ1) is 14.5. The molecule has 5 heteroatoms. The topological polar surface area (TPSA) is 58.1 Å². The van der Waals surface area contributed by atoms with Crippen LogP contribution in [0, 0.1) is 6.92 Å². The van der Waals surface area contributed by atoms with Gasteiger partial charge in [-0.3, -0.25) is 4.79 Å². The monoisotopic (exact) mass is 296 g/mol. The molecule has 1 aliphatic heterocycles. The van der Waals surface area contributed by atoms with Crippen molar-refractivity contribution in [2.75, 3.05) is 23.3 Å². The number of anilines is 2. The molecule has 0 aliphatic carbocycles. The zero-order valence-corrected chi connectivity index (χ0v) is 12.7. The molecule has 114 valence electrons. The SMILES string of the molecule is Cc1ccc(C(=O)Nc2ccc(N3CCCCC3)cc2)nn1. The highest BCUT2D eigenvalue weighted by Crippen LogP contribution is 2.21. The van der Waals surface area contributed by atoms with Gasteiger partial charge >= 0.3 is 0 Å². The van der Waals surface area contributed by atoms with Crippen molar-refractivity contribution in [3.05, 3.63) is 47.8 Å². The van der Waals surface area contributed by atoms with Gasteiger partial charge in [0.2, 0.25) is 0 Å². The van der Waals surface area contributed by atoms with Gasteiger partial charge in [0.15, 0.2) is 5.69 Å². The maximum Gasteiger partial charge on any atom is 0.276 e. The van der Waals surface area contributed by atoms with Crippen molar-refractivity contribution in [2.24, 2.45) is 0 Å². The highest BCUT2D eigenvalue weighted by Gasteiger charge is 2.12. The number of rotatable bonds is 3. The van der Waals surface area contributed by atoms with Crippen LogP contribution in [-0.2, 0) is 0 Å². The predicted molar refractivity (Wildman–Crippen MR) is 87.2 cm³/mol. The third-order valence-electron chi connectivity index (χ3n) is 3.88. The molecule has 0 atom stereocenters. The predicted octanol–water partition coefficient (Wildman–Crippen LogP) is 3.03. The molecule has 0 unspecified atom stereocenters. The van der Waals surface area contributed by atoms with Crippen molar-refractivity contribution >= 4 is 17.3 Å². The van der Waals surface area contributed by atoms with Crippen LogP contribution < -0.4 is 10.2 Å². The Labute approximate surface area is 130 Å². The van der Waals surface area contributed by atoms with Gasteiger partial charge in [-0.15, -0.1) is 5.10 Å². The number of hydrogen-bond donors (Lipinski definition) is 1. The van der Waals surface area contributed by atoms with Gasteiger partial charge in [-0.1, -0.05) is 0 Å². The summed E-state index contributed by atoms with van der Waals surface area (Å²) in [6.45, 7) is 4.07. The van der Waals surface area contributed by atoms with E-state index in [1.165, 1.54) is 24.9 Å². The summed E-state index contributed by atoms with van der Waals surface area (Å²) in [5, 5.41) is 10.6. The molecule has 1 saturated heterocycles. The molecule has 2 heterocycles. The molecule has 0 spiro atoms. The van der Waals surface area contributed by atoms with Crippen molar-refractivity contribution in [3.63, 3.8) is 0 Å². The molecule has 22 heavy (non-hydrogen) atoms. The van der Waals surface area contributed by atoms with Crippen molar-refractivity contribution in [1.29, 1.82) is 0 Å². The van der Waals surface area contributed by atoms with Gasteiger partial charge < -0.3 is 10.2 Å². The Morgan fingerprint density at radius 2 is 1.73 bits per heavy atom. The molecule has 1 aromatic carbocycles. The van der Waals surface area contributed by atoms with Crippen molar-refractivity contribution in [1.82, 2.24) is 10.2 Å². The van der Waals surface area contributed by atoms with Gasteiger partial charge in [0.05, 0.1) is 5.69 Å². The second-order valence-corrected chi connectivity index (χ2v) is 5.61. The van der Waals surface area contributed by atoms with Crippen LogP contribution in [0.4, 0.5) is 11.4 Å². The van der Waals surface area contributed by atoms with E-state index >= 15 is 0 Å². The molecule has 5 nitrogen and oxygen atoms in total. The summed E-state index contributed by atoms with van der Waals surface area (Å²) in [5.74, 6) is -0.238. The van der Waals surface area contributed by atoms with E-state index in [1.807, 2.05) is 19.1 Å². The minimum absolute atomic E-state index is 0.238. The van der Waals surface area contributed by atoms with E-state index in [9.17, 15) is 4.79 Å². The minimum Gasteiger partial charge on any atom is -0.372 e. The Morgan fingerprint density at radius 1 is 1.00 bits per heavy atom. The zero-order valence-electron chi connectivity index (χ0n) is 12.7. The van der Waals surface area contributed by atoms with Crippen molar-refractivity contribution in [3.8, 4) is 0 Å². The molecule has 0 radical (unpaired) electrons. The number of benzene rings is 1. The number of hydrogen-bond acceptors (Lipinski definition) is 4. The van der Waals surface area contributed by atoms with Gasteiger partial charge in [0, 0.05) is 24.5 Å². The van der Waals surface area contributed by atoms with E-state index in [0.29, 0.717) is 5.69 Å². The first-order valence-electron chi connectivity index (χ1n) is 7.69. The van der Waals surface area contributed by atoms with Gasteiger partial charge in [-0.05, 0) is 62.6 Å². The number of aromatic nitrogens is 2. The summed E-state index contributed by atoms with van der Waals surface area (Å²) in [6, 6.07) is 11.4. The summed E-state index contributed by atoms with van der Waals surface area (Å²) in [4.78, 5) is 14.5. The van der Waals surface area contributed by atoms with E-state index in [1.54, 1.807) is 12.1 Å². The molecule has 1 aromatic heterocycles. The van der Waals surface area contributed by atoms with Crippen LogP contribution in [0.3, 0.4) is 0 Å². The van der Waals surface area contributed by atoms with Crippen LogP contribution in [0.1, 0.15) is 35.4 Å². The highest BCUT2D eigenvalue weighted by atomic mass is 16.1. The Hall–Kier alpha value is -2.43. The lowest BCUT2D eigenvalue weighted by molar-refractivity contribution is 0.102. The van der Waals surface area contributed by atoms with Crippen molar-refractivity contribution < 1.29 is 4.79 Å². The summed E-state index contributed by atoms with van der Waals surface area (Å²) in [6.07, 6.45) is 3.83. The first-order valence-corrected chi connectivity index (χ1v) is 7.69. The number of nitrogens with zero attached hydrogens (tertiary/aromatic N) is 3. The van der Waals surface area contributed by atoms with Gasteiger partial charge in [-0.25, -0.2) is 0 Å². The Balaban J connectivity index is 1.65. The van der Waals surface area contributed by atoms with E-state index in [0.717, 1.165) is 24.5 Å². The van der Waals surface area contributed by atoms with Gasteiger partial charge in [0.1, 0.15) is 0 Å². The lowest BCUT2D eigenvalue weighted by Gasteiger charge is -2.28. The molecule has 1 amide bonds. The summed E-state index contributed by atoms with van der Waals surface area (Å²) in [7, 11) is 0. The van der Waals surface area contributed by atoms with Crippen LogP contribution in [0.5, 0.6) is 0 Å². The molecular formula is C17H20N4O. The minimum atomic E-state index is -0.238. The number of carbonyl (C=O) groups excluding carboxylic acids is 1. The summed E-state index contributed by atoms with van der Waals surface area (Å²) >= 11 is 0. The molecule has 1 N–H and O–H groups in total. The lowest BCUT2D eigenvalue weighted by Crippen LogP contribution is -2.29. The Morgan fingerprint density at radius 3 is 2.36 bits per heavy atom. The maximum absolute atomic E-state index is 12.1. The molecule has 3 rings (SSSR count). The fourth-order valence-electron chi connectivity index (χ4n) is 2.62. The Kier molecular flexibility index (Phi) is 4.32. The third-order valence-corrected chi connectivity index (χ3v) is 3.88. The Bertz CT molecular complexity index is 631.